The summed E-state index contributed by atoms with van der Waals surface area (Å²) < 4.78 is 35.6. The molecule has 2 aromatic carbocycles. The van der Waals surface area contributed by atoms with Crippen molar-refractivity contribution in [3.8, 4) is 17.4 Å². The molecule has 1 unspecified atom stereocenters. The van der Waals surface area contributed by atoms with E-state index in [1.54, 1.807) is 20.3 Å². The number of benzene rings is 2. The fourth-order valence-electron chi connectivity index (χ4n) is 3.60. The van der Waals surface area contributed by atoms with Crippen molar-refractivity contribution in [1.82, 2.24) is 9.88 Å². The SMILES string of the molecule is CCOCCC(CN(Cc1ccc(OC)cc1)Cc1ccc(OC)cc1)Oc1ccc(F)cn1. The molecular weight excluding hydrogens is 435 g/mol. The van der Waals surface area contributed by atoms with Crippen LogP contribution in [0, 0.1) is 5.82 Å². The van der Waals surface area contributed by atoms with E-state index in [4.69, 9.17) is 18.9 Å². The van der Waals surface area contributed by atoms with E-state index in [9.17, 15) is 4.39 Å². The minimum absolute atomic E-state index is 0.180. The summed E-state index contributed by atoms with van der Waals surface area (Å²) in [4.78, 5) is 6.40. The zero-order valence-corrected chi connectivity index (χ0v) is 20.1. The second-order valence-corrected chi connectivity index (χ2v) is 7.91. The van der Waals surface area contributed by atoms with Crippen LogP contribution < -0.4 is 14.2 Å². The van der Waals surface area contributed by atoms with Crippen LogP contribution in [0.5, 0.6) is 17.4 Å². The summed E-state index contributed by atoms with van der Waals surface area (Å²) >= 11 is 0. The highest BCUT2D eigenvalue weighted by molar-refractivity contribution is 5.28. The van der Waals surface area contributed by atoms with Crippen molar-refractivity contribution in [2.75, 3.05) is 34.0 Å². The van der Waals surface area contributed by atoms with Gasteiger partial charge in [0.2, 0.25) is 5.88 Å². The molecule has 6 nitrogen and oxygen atoms in total. The molecule has 0 aliphatic heterocycles. The van der Waals surface area contributed by atoms with Crippen LogP contribution in [0.15, 0.2) is 66.9 Å². The second-order valence-electron chi connectivity index (χ2n) is 7.91. The average molecular weight is 469 g/mol. The van der Waals surface area contributed by atoms with Crippen LogP contribution in [0.2, 0.25) is 0 Å². The largest absolute Gasteiger partial charge is 0.497 e. The van der Waals surface area contributed by atoms with Crippen molar-refractivity contribution < 1.29 is 23.3 Å². The maximum Gasteiger partial charge on any atom is 0.213 e. The third kappa shape index (κ3) is 8.32. The Kier molecular flexibility index (Phi) is 10.1. The summed E-state index contributed by atoms with van der Waals surface area (Å²) in [5.41, 5.74) is 2.33. The molecule has 0 spiro atoms. The topological polar surface area (TPSA) is 53.1 Å². The number of nitrogens with zero attached hydrogens (tertiary/aromatic N) is 2. The Morgan fingerprint density at radius 2 is 1.44 bits per heavy atom. The molecule has 1 atom stereocenters. The van der Waals surface area contributed by atoms with Gasteiger partial charge in [0.05, 0.1) is 27.0 Å². The van der Waals surface area contributed by atoms with E-state index in [0.717, 1.165) is 35.7 Å². The molecule has 0 aliphatic carbocycles. The van der Waals surface area contributed by atoms with Gasteiger partial charge in [-0.2, -0.15) is 0 Å². The van der Waals surface area contributed by atoms with Gasteiger partial charge in [-0.25, -0.2) is 9.37 Å². The number of halogens is 1. The van der Waals surface area contributed by atoms with Crippen LogP contribution >= 0.6 is 0 Å². The van der Waals surface area contributed by atoms with Gasteiger partial charge in [0.15, 0.2) is 0 Å². The van der Waals surface area contributed by atoms with Crippen molar-refractivity contribution in [3.05, 3.63) is 83.8 Å². The predicted molar refractivity (Wildman–Crippen MR) is 130 cm³/mol. The van der Waals surface area contributed by atoms with E-state index in [-0.39, 0.29) is 11.9 Å². The molecule has 3 rings (SSSR count). The van der Waals surface area contributed by atoms with Crippen molar-refractivity contribution in [2.24, 2.45) is 0 Å². The maximum absolute atomic E-state index is 13.3. The Bertz CT molecular complexity index is 916. The normalized spacial score (nSPS) is 11.9. The molecule has 7 heteroatoms. The summed E-state index contributed by atoms with van der Waals surface area (Å²) in [6.07, 6.45) is 1.68. The molecule has 0 fully saturated rings. The summed E-state index contributed by atoms with van der Waals surface area (Å²) in [5.74, 6) is 1.66. The lowest BCUT2D eigenvalue weighted by atomic mass is 10.1. The van der Waals surface area contributed by atoms with Gasteiger partial charge in [-0.1, -0.05) is 24.3 Å². The third-order valence-electron chi connectivity index (χ3n) is 5.37. The molecule has 182 valence electrons. The molecule has 0 saturated carbocycles. The van der Waals surface area contributed by atoms with Gasteiger partial charge in [-0.3, -0.25) is 4.90 Å². The minimum atomic E-state index is -0.390. The molecule has 34 heavy (non-hydrogen) atoms. The van der Waals surface area contributed by atoms with E-state index in [2.05, 4.69) is 34.1 Å². The fraction of sp³-hybridized carbons (Fsp3) is 0.370. The van der Waals surface area contributed by atoms with Gasteiger partial charge >= 0.3 is 0 Å². The van der Waals surface area contributed by atoms with Gasteiger partial charge in [-0.15, -0.1) is 0 Å². The first-order valence-electron chi connectivity index (χ1n) is 11.4. The van der Waals surface area contributed by atoms with E-state index in [1.807, 2.05) is 31.2 Å². The quantitative estimate of drug-likeness (QED) is 0.306. The highest BCUT2D eigenvalue weighted by Crippen LogP contribution is 2.19. The standard InChI is InChI=1S/C27H33FN2O4/c1-4-33-16-15-26(34-27-14-9-23(28)17-29-27)20-30(18-21-5-10-24(31-2)11-6-21)19-22-7-12-25(32-3)13-8-22/h5-14,17,26H,4,15-16,18-20H2,1-3H3. The lowest BCUT2D eigenvalue weighted by Crippen LogP contribution is -2.36. The number of ether oxygens (including phenoxy) is 4. The predicted octanol–water partition coefficient (Wildman–Crippen LogP) is 5.11. The molecule has 0 aliphatic rings. The van der Waals surface area contributed by atoms with Gasteiger partial charge in [0.1, 0.15) is 23.4 Å². The number of aromatic nitrogens is 1. The molecule has 0 N–H and O–H groups in total. The first-order valence-corrected chi connectivity index (χ1v) is 11.4. The van der Waals surface area contributed by atoms with Crippen molar-refractivity contribution in [3.63, 3.8) is 0 Å². The van der Waals surface area contributed by atoms with Crippen molar-refractivity contribution in [2.45, 2.75) is 32.5 Å². The van der Waals surface area contributed by atoms with Gasteiger partial charge < -0.3 is 18.9 Å². The average Bonchev–Trinajstić information content (AvgIpc) is 2.86. The van der Waals surface area contributed by atoms with Gasteiger partial charge in [0, 0.05) is 38.7 Å². The summed E-state index contributed by atoms with van der Waals surface area (Å²) in [6, 6.07) is 19.0. The van der Waals surface area contributed by atoms with Crippen LogP contribution in [0.1, 0.15) is 24.5 Å². The lowest BCUT2D eigenvalue weighted by molar-refractivity contribution is 0.0702. The van der Waals surface area contributed by atoms with Crippen molar-refractivity contribution >= 4 is 0 Å². The van der Waals surface area contributed by atoms with Crippen molar-refractivity contribution in [1.29, 1.82) is 0 Å². The van der Waals surface area contributed by atoms with Crippen LogP contribution in [-0.2, 0) is 17.8 Å². The third-order valence-corrected chi connectivity index (χ3v) is 5.37. The number of methoxy groups -OCH3 is 2. The Hall–Kier alpha value is -3.16. The highest BCUT2D eigenvalue weighted by atomic mass is 19.1. The molecule has 0 saturated heterocycles. The first-order chi connectivity index (χ1) is 16.6. The molecule has 0 radical (unpaired) electrons. The van der Waals surface area contributed by atoms with Gasteiger partial charge in [0.25, 0.3) is 0 Å². The van der Waals surface area contributed by atoms with Crippen LogP contribution in [-0.4, -0.2) is 50.0 Å². The first kappa shape index (κ1) is 25.5. The Morgan fingerprint density at radius 3 is 1.91 bits per heavy atom. The molecule has 1 heterocycles. The van der Waals surface area contributed by atoms with E-state index in [1.165, 1.54) is 12.3 Å². The number of rotatable bonds is 14. The lowest BCUT2D eigenvalue weighted by Gasteiger charge is -2.28. The molecule has 1 aromatic heterocycles. The Morgan fingerprint density at radius 1 is 0.853 bits per heavy atom. The van der Waals surface area contributed by atoms with E-state index < -0.39 is 0 Å². The summed E-state index contributed by atoms with van der Waals surface area (Å²) in [6.45, 7) is 5.27. The molecule has 3 aromatic rings. The number of hydrogen-bond acceptors (Lipinski definition) is 6. The number of hydrogen-bond donors (Lipinski definition) is 0. The maximum atomic E-state index is 13.3. The van der Waals surface area contributed by atoms with E-state index in [0.29, 0.717) is 32.1 Å². The van der Waals surface area contributed by atoms with Crippen LogP contribution in [0.25, 0.3) is 0 Å². The summed E-state index contributed by atoms with van der Waals surface area (Å²) in [7, 11) is 3.32. The number of pyridine rings is 1. The summed E-state index contributed by atoms with van der Waals surface area (Å²) in [5, 5.41) is 0. The monoisotopic (exact) mass is 468 g/mol. The Balaban J connectivity index is 1.77. The highest BCUT2D eigenvalue weighted by Gasteiger charge is 2.18. The van der Waals surface area contributed by atoms with E-state index >= 15 is 0 Å². The smallest absolute Gasteiger partial charge is 0.213 e. The molecular formula is C27H33FN2O4. The zero-order chi connectivity index (χ0) is 24.2. The zero-order valence-electron chi connectivity index (χ0n) is 20.1. The van der Waals surface area contributed by atoms with Crippen LogP contribution in [0.4, 0.5) is 4.39 Å². The second kappa shape index (κ2) is 13.5. The van der Waals surface area contributed by atoms with Crippen LogP contribution in [0.3, 0.4) is 0 Å². The Labute approximate surface area is 201 Å². The molecule has 0 bridgehead atoms. The molecule has 0 amide bonds. The minimum Gasteiger partial charge on any atom is -0.497 e. The fourth-order valence-corrected chi connectivity index (χ4v) is 3.60. The van der Waals surface area contributed by atoms with Gasteiger partial charge in [-0.05, 0) is 48.4 Å².